The van der Waals surface area contributed by atoms with Gasteiger partial charge in [0.25, 0.3) is 0 Å². The van der Waals surface area contributed by atoms with Gasteiger partial charge in [0.1, 0.15) is 11.5 Å². The first kappa shape index (κ1) is 18.1. The molecule has 1 aromatic carbocycles. The molecule has 0 radical (unpaired) electrons. The third-order valence-corrected chi connectivity index (χ3v) is 2.93. The van der Waals surface area contributed by atoms with E-state index in [1.54, 1.807) is 0 Å². The van der Waals surface area contributed by atoms with Crippen LogP contribution in [0, 0.1) is 5.82 Å². The normalized spacial score (nSPS) is 12.2. The molecular formula is C13H12F4N2O2S. The highest BCUT2D eigenvalue weighted by Gasteiger charge is 2.34. The summed E-state index contributed by atoms with van der Waals surface area (Å²) >= 11 is 0.901. The molecule has 1 rings (SSSR count). The van der Waals surface area contributed by atoms with Crippen LogP contribution in [0.25, 0.3) is 0 Å². The fraction of sp³-hybridized carbons (Fsp3) is 0.308. The SMILES string of the molecule is CSC(=Nc1cccc(C(F)(F)F)c1F)NC(=O)CC(C)=O. The van der Waals surface area contributed by atoms with Crippen LogP contribution in [0.4, 0.5) is 23.2 Å². The number of Topliss-reactive ketones (excluding diaryl/α,β-unsaturated/α-hetero) is 1. The molecule has 0 atom stereocenters. The van der Waals surface area contributed by atoms with E-state index >= 15 is 0 Å². The second kappa shape index (κ2) is 7.39. The first-order valence-electron chi connectivity index (χ1n) is 5.92. The van der Waals surface area contributed by atoms with Crippen LogP contribution in [0.5, 0.6) is 0 Å². The Morgan fingerprint density at radius 2 is 1.95 bits per heavy atom. The Kier molecular flexibility index (Phi) is 6.10. The number of hydrogen-bond acceptors (Lipinski definition) is 4. The average molecular weight is 336 g/mol. The number of ketones is 1. The molecule has 4 nitrogen and oxygen atoms in total. The van der Waals surface area contributed by atoms with Crippen molar-refractivity contribution in [2.75, 3.05) is 6.26 Å². The Balaban J connectivity index is 3.08. The number of nitrogens with zero attached hydrogens (tertiary/aromatic N) is 1. The van der Waals surface area contributed by atoms with Gasteiger partial charge in [-0.3, -0.25) is 9.59 Å². The number of carbonyl (C=O) groups excluding carboxylic acids is 2. The van der Waals surface area contributed by atoms with Gasteiger partial charge in [0.05, 0.1) is 12.0 Å². The highest BCUT2D eigenvalue weighted by Crippen LogP contribution is 2.34. The molecule has 0 bridgehead atoms. The van der Waals surface area contributed by atoms with Gasteiger partial charge in [-0.05, 0) is 25.3 Å². The molecular weight excluding hydrogens is 324 g/mol. The van der Waals surface area contributed by atoms with Crippen molar-refractivity contribution in [3.63, 3.8) is 0 Å². The maximum atomic E-state index is 13.8. The molecule has 120 valence electrons. The molecule has 1 aromatic rings. The van der Waals surface area contributed by atoms with E-state index < -0.39 is 35.6 Å². The van der Waals surface area contributed by atoms with Gasteiger partial charge in [0.2, 0.25) is 5.91 Å². The van der Waals surface area contributed by atoms with Crippen LogP contribution >= 0.6 is 11.8 Å². The van der Waals surface area contributed by atoms with E-state index in [9.17, 15) is 27.2 Å². The Labute approximate surface area is 128 Å². The minimum Gasteiger partial charge on any atom is -0.305 e. The van der Waals surface area contributed by atoms with E-state index in [1.165, 1.54) is 13.2 Å². The van der Waals surface area contributed by atoms with Crippen LogP contribution < -0.4 is 5.32 Å². The lowest BCUT2D eigenvalue weighted by molar-refractivity contribution is -0.140. The van der Waals surface area contributed by atoms with Gasteiger partial charge in [0, 0.05) is 0 Å². The maximum Gasteiger partial charge on any atom is 0.419 e. The number of alkyl halides is 3. The quantitative estimate of drug-likeness (QED) is 0.399. The summed E-state index contributed by atoms with van der Waals surface area (Å²) in [5.74, 6) is -2.58. The molecule has 0 aromatic heterocycles. The van der Waals surface area contributed by atoms with E-state index in [0.29, 0.717) is 6.07 Å². The standard InChI is InChI=1S/C13H12F4N2O2S/c1-7(20)6-10(21)19-12(22-2)18-9-5-3-4-8(11(9)14)13(15,16)17/h3-5H,6H2,1-2H3,(H,18,19,21). The number of thioether (sulfide) groups is 1. The van der Waals surface area contributed by atoms with Gasteiger partial charge >= 0.3 is 6.18 Å². The Bertz CT molecular complexity index is 615. The number of rotatable bonds is 3. The van der Waals surface area contributed by atoms with Crippen molar-refractivity contribution in [1.82, 2.24) is 5.32 Å². The fourth-order valence-electron chi connectivity index (χ4n) is 1.45. The number of nitrogens with one attached hydrogen (secondary N) is 1. The smallest absolute Gasteiger partial charge is 0.305 e. The summed E-state index contributed by atoms with van der Waals surface area (Å²) in [6, 6.07) is 2.67. The number of benzene rings is 1. The highest BCUT2D eigenvalue weighted by atomic mass is 32.2. The zero-order chi connectivity index (χ0) is 16.9. The molecule has 0 aliphatic rings. The second-order valence-electron chi connectivity index (χ2n) is 4.18. The molecule has 9 heteroatoms. The summed E-state index contributed by atoms with van der Waals surface area (Å²) in [4.78, 5) is 25.9. The van der Waals surface area contributed by atoms with Crippen LogP contribution in [-0.2, 0) is 15.8 Å². The zero-order valence-electron chi connectivity index (χ0n) is 11.6. The minimum atomic E-state index is -4.84. The monoisotopic (exact) mass is 336 g/mol. The van der Waals surface area contributed by atoms with Crippen LogP contribution in [0.3, 0.4) is 0 Å². The summed E-state index contributed by atoms with van der Waals surface area (Å²) < 4.78 is 51.6. The zero-order valence-corrected chi connectivity index (χ0v) is 12.4. The molecule has 0 saturated carbocycles. The van der Waals surface area contributed by atoms with Crippen molar-refractivity contribution in [1.29, 1.82) is 0 Å². The third-order valence-electron chi connectivity index (χ3n) is 2.35. The predicted octanol–water partition coefficient (Wildman–Crippen LogP) is 3.29. The molecule has 0 fully saturated rings. The molecule has 0 heterocycles. The van der Waals surface area contributed by atoms with Gasteiger partial charge < -0.3 is 5.32 Å². The van der Waals surface area contributed by atoms with Crippen molar-refractivity contribution in [2.24, 2.45) is 4.99 Å². The van der Waals surface area contributed by atoms with E-state index in [1.807, 2.05) is 0 Å². The number of halogens is 4. The minimum absolute atomic E-state index is 0.107. The Hall–Kier alpha value is -1.90. The Morgan fingerprint density at radius 3 is 2.45 bits per heavy atom. The van der Waals surface area contributed by atoms with Gasteiger partial charge in [-0.2, -0.15) is 13.2 Å². The summed E-state index contributed by atoms with van der Waals surface area (Å²) in [6.45, 7) is 1.21. The molecule has 0 aliphatic carbocycles. The van der Waals surface area contributed by atoms with Gasteiger partial charge in [-0.25, -0.2) is 9.38 Å². The molecule has 0 unspecified atom stereocenters. The first-order valence-corrected chi connectivity index (χ1v) is 7.15. The van der Waals surface area contributed by atoms with Crippen molar-refractivity contribution in [2.45, 2.75) is 19.5 Å². The summed E-state index contributed by atoms with van der Waals surface area (Å²) in [5.41, 5.74) is -1.99. The summed E-state index contributed by atoms with van der Waals surface area (Å²) in [6.07, 6.45) is -3.74. The van der Waals surface area contributed by atoms with Crippen LogP contribution in [0.2, 0.25) is 0 Å². The number of amides is 1. The second-order valence-corrected chi connectivity index (χ2v) is 4.98. The van der Waals surface area contributed by atoms with Crippen LogP contribution in [-0.4, -0.2) is 23.1 Å². The molecule has 1 amide bonds. The molecule has 22 heavy (non-hydrogen) atoms. The predicted molar refractivity (Wildman–Crippen MR) is 75.5 cm³/mol. The van der Waals surface area contributed by atoms with Crippen molar-refractivity contribution in [3.05, 3.63) is 29.6 Å². The van der Waals surface area contributed by atoms with E-state index in [4.69, 9.17) is 0 Å². The first-order chi connectivity index (χ1) is 10.1. The maximum absolute atomic E-state index is 13.8. The average Bonchev–Trinajstić information content (AvgIpc) is 2.37. The highest BCUT2D eigenvalue weighted by molar-refractivity contribution is 8.13. The summed E-state index contributed by atoms with van der Waals surface area (Å²) in [7, 11) is 0. The van der Waals surface area contributed by atoms with Crippen LogP contribution in [0.1, 0.15) is 18.9 Å². The van der Waals surface area contributed by atoms with Gasteiger partial charge in [0.15, 0.2) is 11.0 Å². The largest absolute Gasteiger partial charge is 0.419 e. The van der Waals surface area contributed by atoms with E-state index in [-0.39, 0.29) is 11.0 Å². The Morgan fingerprint density at radius 1 is 1.32 bits per heavy atom. The van der Waals surface area contributed by atoms with Crippen molar-refractivity contribution >= 4 is 34.3 Å². The lowest BCUT2D eigenvalue weighted by Gasteiger charge is -2.10. The van der Waals surface area contributed by atoms with Crippen molar-refractivity contribution < 1.29 is 27.2 Å². The number of hydrogen-bond donors (Lipinski definition) is 1. The summed E-state index contributed by atoms with van der Waals surface area (Å²) in [5, 5.41) is 2.13. The fourth-order valence-corrected chi connectivity index (χ4v) is 1.85. The molecule has 0 aliphatic heterocycles. The van der Waals surface area contributed by atoms with Gasteiger partial charge in [-0.15, -0.1) is 0 Å². The van der Waals surface area contributed by atoms with Gasteiger partial charge in [-0.1, -0.05) is 17.8 Å². The lowest BCUT2D eigenvalue weighted by Crippen LogP contribution is -2.29. The molecule has 0 spiro atoms. The van der Waals surface area contributed by atoms with Crippen LogP contribution in [0.15, 0.2) is 23.2 Å². The van der Waals surface area contributed by atoms with Crippen molar-refractivity contribution in [3.8, 4) is 0 Å². The molecule has 1 N–H and O–H groups in total. The number of aliphatic imine (C=N–C) groups is 1. The third kappa shape index (κ3) is 5.14. The molecule has 0 saturated heterocycles. The van der Waals surface area contributed by atoms with E-state index in [2.05, 4.69) is 10.3 Å². The number of carbonyl (C=O) groups is 2. The van der Waals surface area contributed by atoms with E-state index in [0.717, 1.165) is 23.9 Å². The topological polar surface area (TPSA) is 58.5 Å². The number of amidine groups is 1. The lowest BCUT2D eigenvalue weighted by atomic mass is 10.2.